The van der Waals surface area contributed by atoms with Gasteiger partial charge in [0.25, 0.3) is 15.9 Å². The molecule has 1 amide bonds. The average Bonchev–Trinajstić information content (AvgIpc) is 2.83. The first-order valence-corrected chi connectivity index (χ1v) is 13.7. The van der Waals surface area contributed by atoms with Gasteiger partial charge in [-0.15, -0.1) is 0 Å². The van der Waals surface area contributed by atoms with Gasteiger partial charge in [0.05, 0.1) is 22.9 Å². The molecule has 1 unspecified atom stereocenters. The van der Waals surface area contributed by atoms with Crippen LogP contribution in [0.5, 0.6) is 5.75 Å². The standard InChI is InChI=1S/C22H23N5O6S2/c1-3-34(29,30)27-14-20(33-19-7-5-4-6-18(19)27)21(28)25-16-8-10-17(11-9-16)35(31,32)26-22-23-13-12-15(2)24-22/h4-13,20H,3,14H2,1-2H3,(H,25,28)(H,23,24,26). The Morgan fingerprint density at radius 2 is 1.80 bits per heavy atom. The molecule has 0 radical (unpaired) electrons. The molecule has 35 heavy (non-hydrogen) atoms. The maximum absolute atomic E-state index is 12.9. The van der Waals surface area contributed by atoms with Crippen molar-refractivity contribution in [3.63, 3.8) is 0 Å². The van der Waals surface area contributed by atoms with Crippen molar-refractivity contribution < 1.29 is 26.4 Å². The van der Waals surface area contributed by atoms with Crippen molar-refractivity contribution in [3.8, 4) is 5.75 Å². The Kier molecular flexibility index (Phi) is 6.63. The Bertz CT molecular complexity index is 1460. The highest BCUT2D eigenvalue weighted by molar-refractivity contribution is 7.93. The average molecular weight is 518 g/mol. The number of benzene rings is 2. The lowest BCUT2D eigenvalue weighted by Gasteiger charge is -2.34. The van der Waals surface area contributed by atoms with E-state index in [1.54, 1.807) is 37.3 Å². The SMILES string of the molecule is CCS(=O)(=O)N1CC(C(=O)Nc2ccc(S(=O)(=O)Nc3nccc(C)n3)cc2)Oc2ccccc21. The van der Waals surface area contributed by atoms with Gasteiger partial charge in [-0.1, -0.05) is 12.1 Å². The third kappa shape index (κ3) is 5.35. The summed E-state index contributed by atoms with van der Waals surface area (Å²) in [5.41, 5.74) is 1.29. The second-order valence-corrected chi connectivity index (χ2v) is 11.5. The number of rotatable bonds is 7. The third-order valence-electron chi connectivity index (χ3n) is 5.18. The van der Waals surface area contributed by atoms with E-state index >= 15 is 0 Å². The molecule has 0 aliphatic carbocycles. The molecule has 2 aromatic carbocycles. The number of ether oxygens (including phenoxy) is 1. The summed E-state index contributed by atoms with van der Waals surface area (Å²) in [5, 5.41) is 2.64. The number of nitrogens with zero attached hydrogens (tertiary/aromatic N) is 3. The Labute approximate surface area is 203 Å². The Morgan fingerprint density at radius 1 is 1.09 bits per heavy atom. The molecule has 184 valence electrons. The monoisotopic (exact) mass is 517 g/mol. The lowest BCUT2D eigenvalue weighted by Crippen LogP contribution is -2.49. The highest BCUT2D eigenvalue weighted by Gasteiger charge is 2.36. The molecule has 0 fully saturated rings. The van der Waals surface area contributed by atoms with Gasteiger partial charge in [0.1, 0.15) is 5.75 Å². The lowest BCUT2D eigenvalue weighted by molar-refractivity contribution is -0.122. The van der Waals surface area contributed by atoms with E-state index in [0.717, 1.165) is 0 Å². The van der Waals surface area contributed by atoms with Crippen LogP contribution < -0.4 is 19.1 Å². The molecule has 2 N–H and O–H groups in total. The normalized spacial score (nSPS) is 15.6. The van der Waals surface area contributed by atoms with Crippen LogP contribution in [0.1, 0.15) is 12.6 Å². The number of nitrogens with one attached hydrogen (secondary N) is 2. The molecule has 3 aromatic rings. The molecule has 2 heterocycles. The quantitative estimate of drug-likeness (QED) is 0.484. The molecule has 13 heteroatoms. The molecular weight excluding hydrogens is 494 g/mol. The van der Waals surface area contributed by atoms with E-state index in [2.05, 4.69) is 20.0 Å². The van der Waals surface area contributed by atoms with E-state index in [9.17, 15) is 21.6 Å². The Morgan fingerprint density at radius 3 is 2.49 bits per heavy atom. The molecular formula is C22H23N5O6S2. The summed E-state index contributed by atoms with van der Waals surface area (Å²) >= 11 is 0. The second-order valence-electron chi connectivity index (χ2n) is 7.65. The molecule has 1 aromatic heterocycles. The van der Waals surface area contributed by atoms with Crippen LogP contribution in [0, 0.1) is 6.92 Å². The number of para-hydroxylation sites is 2. The zero-order valence-electron chi connectivity index (χ0n) is 18.9. The number of hydrogen-bond acceptors (Lipinski definition) is 8. The van der Waals surface area contributed by atoms with Gasteiger partial charge in [-0.3, -0.25) is 9.10 Å². The van der Waals surface area contributed by atoms with Crippen LogP contribution in [-0.2, 0) is 24.8 Å². The lowest BCUT2D eigenvalue weighted by atomic mass is 10.2. The molecule has 11 nitrogen and oxygen atoms in total. The van der Waals surface area contributed by atoms with Gasteiger partial charge < -0.3 is 10.1 Å². The van der Waals surface area contributed by atoms with Crippen molar-refractivity contribution in [2.75, 3.05) is 26.6 Å². The summed E-state index contributed by atoms with van der Waals surface area (Å²) in [6, 6.07) is 13.7. The molecule has 0 bridgehead atoms. The van der Waals surface area contributed by atoms with E-state index in [1.165, 1.54) is 41.7 Å². The van der Waals surface area contributed by atoms with Crippen LogP contribution in [0.4, 0.5) is 17.3 Å². The van der Waals surface area contributed by atoms with Gasteiger partial charge in [0.2, 0.25) is 16.0 Å². The summed E-state index contributed by atoms with van der Waals surface area (Å²) in [6.45, 7) is 3.05. The van der Waals surface area contributed by atoms with Gasteiger partial charge in [-0.05, 0) is 56.3 Å². The number of hydrogen-bond donors (Lipinski definition) is 2. The van der Waals surface area contributed by atoms with Crippen LogP contribution >= 0.6 is 0 Å². The zero-order valence-corrected chi connectivity index (χ0v) is 20.5. The maximum Gasteiger partial charge on any atom is 0.267 e. The van der Waals surface area contributed by atoms with Gasteiger partial charge in [-0.25, -0.2) is 31.5 Å². The number of aromatic nitrogens is 2. The number of fused-ring (bicyclic) bond motifs is 1. The molecule has 0 saturated carbocycles. The fourth-order valence-corrected chi connectivity index (χ4v) is 5.45. The van der Waals surface area contributed by atoms with Gasteiger partial charge in [0.15, 0.2) is 6.10 Å². The largest absolute Gasteiger partial charge is 0.476 e. The summed E-state index contributed by atoms with van der Waals surface area (Å²) in [6.07, 6.45) is 0.340. The first kappa shape index (κ1) is 24.4. The third-order valence-corrected chi connectivity index (χ3v) is 8.27. The van der Waals surface area contributed by atoms with Crippen molar-refractivity contribution in [2.24, 2.45) is 0 Å². The maximum atomic E-state index is 12.9. The minimum Gasteiger partial charge on any atom is -0.476 e. The van der Waals surface area contributed by atoms with Crippen LogP contribution in [0.3, 0.4) is 0 Å². The molecule has 1 atom stereocenters. The van der Waals surface area contributed by atoms with Crippen molar-refractivity contribution in [1.29, 1.82) is 0 Å². The van der Waals surface area contributed by atoms with E-state index in [-0.39, 0.29) is 28.9 Å². The predicted octanol–water partition coefficient (Wildman–Crippen LogP) is 2.14. The Balaban J connectivity index is 1.48. The number of anilines is 3. The minimum absolute atomic E-state index is 0.0521. The molecule has 1 aliphatic heterocycles. The summed E-state index contributed by atoms with van der Waals surface area (Å²) < 4.78 is 59.6. The van der Waals surface area contributed by atoms with E-state index in [1.807, 2.05) is 0 Å². The highest BCUT2D eigenvalue weighted by atomic mass is 32.2. The fraction of sp³-hybridized carbons (Fsp3) is 0.227. The zero-order chi connectivity index (χ0) is 25.2. The summed E-state index contributed by atoms with van der Waals surface area (Å²) in [5.74, 6) is -0.476. The van der Waals surface area contributed by atoms with Crippen molar-refractivity contribution in [2.45, 2.75) is 24.8 Å². The number of aryl methyl sites for hydroxylation is 1. The number of amides is 1. The predicted molar refractivity (Wildman–Crippen MR) is 130 cm³/mol. The van der Waals surface area contributed by atoms with E-state index < -0.39 is 32.1 Å². The van der Waals surface area contributed by atoms with Crippen LogP contribution in [-0.4, -0.2) is 51.1 Å². The van der Waals surface area contributed by atoms with Crippen molar-refractivity contribution in [1.82, 2.24) is 9.97 Å². The van der Waals surface area contributed by atoms with Gasteiger partial charge >= 0.3 is 0 Å². The fourth-order valence-electron chi connectivity index (χ4n) is 3.38. The summed E-state index contributed by atoms with van der Waals surface area (Å²) in [7, 11) is -7.58. The highest BCUT2D eigenvalue weighted by Crippen LogP contribution is 2.35. The van der Waals surface area contributed by atoms with Crippen molar-refractivity contribution >= 4 is 43.3 Å². The molecule has 4 rings (SSSR count). The van der Waals surface area contributed by atoms with Gasteiger partial charge in [0, 0.05) is 17.6 Å². The minimum atomic E-state index is -3.94. The van der Waals surface area contributed by atoms with Gasteiger partial charge in [-0.2, -0.15) is 0 Å². The second kappa shape index (κ2) is 9.50. The smallest absolute Gasteiger partial charge is 0.267 e. The van der Waals surface area contributed by atoms with E-state index in [0.29, 0.717) is 17.1 Å². The number of carbonyl (C=O) groups is 1. The molecule has 0 saturated heterocycles. The molecule has 1 aliphatic rings. The van der Waals surface area contributed by atoms with Crippen LogP contribution in [0.15, 0.2) is 65.7 Å². The number of carbonyl (C=O) groups excluding carboxylic acids is 1. The number of sulfonamides is 2. The van der Waals surface area contributed by atoms with Crippen LogP contribution in [0.2, 0.25) is 0 Å². The van der Waals surface area contributed by atoms with E-state index in [4.69, 9.17) is 4.74 Å². The van der Waals surface area contributed by atoms with Crippen LogP contribution in [0.25, 0.3) is 0 Å². The van der Waals surface area contributed by atoms with Crippen molar-refractivity contribution in [3.05, 3.63) is 66.5 Å². The Hall–Kier alpha value is -3.71. The first-order valence-electron chi connectivity index (χ1n) is 10.6. The summed E-state index contributed by atoms with van der Waals surface area (Å²) in [4.78, 5) is 20.7. The molecule has 0 spiro atoms. The first-order chi connectivity index (χ1) is 16.6. The topological polar surface area (TPSA) is 148 Å².